The molecule has 0 aliphatic rings. The summed E-state index contributed by atoms with van der Waals surface area (Å²) in [7, 11) is 1.96. The largest absolute Gasteiger partial charge is 0.462 e. The van der Waals surface area contributed by atoms with Gasteiger partial charge in [0.1, 0.15) is 5.82 Å². The van der Waals surface area contributed by atoms with Crippen molar-refractivity contribution in [3.63, 3.8) is 0 Å². The third-order valence-electron chi connectivity index (χ3n) is 2.80. The molecule has 0 fully saturated rings. The maximum absolute atomic E-state index is 11.5. The highest BCUT2D eigenvalue weighted by molar-refractivity contribution is 5.89. The second-order valence-corrected chi connectivity index (χ2v) is 4.33. The number of carbonyl (C=O) groups excluding carboxylic acids is 1. The smallest absolute Gasteiger partial charge is 0.339 e. The Hall–Kier alpha value is -1.62. The molecular formula is C14H22N2O3. The molecule has 0 bridgehead atoms. The first kappa shape index (κ1) is 15.4. The van der Waals surface area contributed by atoms with Crippen molar-refractivity contribution < 1.29 is 14.6 Å². The first-order valence-electron chi connectivity index (χ1n) is 6.64. The summed E-state index contributed by atoms with van der Waals surface area (Å²) < 4.78 is 4.90. The Balaban J connectivity index is 2.48. The van der Waals surface area contributed by atoms with Crippen LogP contribution in [0.25, 0.3) is 0 Å². The van der Waals surface area contributed by atoms with E-state index in [0.717, 1.165) is 31.6 Å². The van der Waals surface area contributed by atoms with Crippen LogP contribution in [0.5, 0.6) is 0 Å². The van der Waals surface area contributed by atoms with Crippen LogP contribution in [-0.2, 0) is 4.74 Å². The van der Waals surface area contributed by atoms with Crippen molar-refractivity contribution in [3.05, 3.63) is 23.9 Å². The van der Waals surface area contributed by atoms with Gasteiger partial charge in [-0.15, -0.1) is 0 Å². The molecular weight excluding hydrogens is 244 g/mol. The van der Waals surface area contributed by atoms with Gasteiger partial charge in [-0.1, -0.05) is 0 Å². The number of esters is 1. The highest BCUT2D eigenvalue weighted by Gasteiger charge is 2.08. The lowest BCUT2D eigenvalue weighted by molar-refractivity contribution is 0.0526. The first-order valence-corrected chi connectivity index (χ1v) is 6.64. The molecule has 1 heterocycles. The van der Waals surface area contributed by atoms with Crippen molar-refractivity contribution in [1.82, 2.24) is 4.98 Å². The van der Waals surface area contributed by atoms with Gasteiger partial charge < -0.3 is 14.7 Å². The standard InChI is InChI=1S/C14H22N2O3/c1-3-19-14(18)12-7-8-13(15-11-12)16(2)9-5-4-6-10-17/h7-8,11,17H,3-6,9-10H2,1-2H3. The van der Waals surface area contributed by atoms with Gasteiger partial charge in [0.15, 0.2) is 0 Å². The van der Waals surface area contributed by atoms with E-state index >= 15 is 0 Å². The van der Waals surface area contributed by atoms with Crippen LogP contribution in [0, 0.1) is 0 Å². The van der Waals surface area contributed by atoms with Crippen LogP contribution in [0.2, 0.25) is 0 Å². The second kappa shape index (κ2) is 8.48. The minimum Gasteiger partial charge on any atom is -0.462 e. The van der Waals surface area contributed by atoms with Crippen LogP contribution in [0.1, 0.15) is 36.5 Å². The SMILES string of the molecule is CCOC(=O)c1ccc(N(C)CCCCCO)nc1. The molecule has 0 aromatic carbocycles. The summed E-state index contributed by atoms with van der Waals surface area (Å²) >= 11 is 0. The number of rotatable bonds is 8. The Morgan fingerprint density at radius 3 is 2.74 bits per heavy atom. The molecule has 0 amide bonds. The lowest BCUT2D eigenvalue weighted by atomic mass is 10.2. The zero-order valence-corrected chi connectivity index (χ0v) is 11.6. The van der Waals surface area contributed by atoms with Crippen LogP contribution < -0.4 is 4.90 Å². The van der Waals surface area contributed by atoms with E-state index < -0.39 is 0 Å². The molecule has 19 heavy (non-hydrogen) atoms. The van der Waals surface area contributed by atoms with E-state index in [9.17, 15) is 4.79 Å². The molecule has 0 saturated heterocycles. The van der Waals surface area contributed by atoms with Crippen LogP contribution in [0.3, 0.4) is 0 Å². The molecule has 0 aliphatic carbocycles. The van der Waals surface area contributed by atoms with Gasteiger partial charge in [-0.05, 0) is 38.3 Å². The number of hydrogen-bond acceptors (Lipinski definition) is 5. The summed E-state index contributed by atoms with van der Waals surface area (Å²) in [4.78, 5) is 17.8. The van der Waals surface area contributed by atoms with Gasteiger partial charge in [0.2, 0.25) is 0 Å². The van der Waals surface area contributed by atoms with Crippen LogP contribution in [0.4, 0.5) is 5.82 Å². The summed E-state index contributed by atoms with van der Waals surface area (Å²) in [5, 5.41) is 8.71. The van der Waals surface area contributed by atoms with Gasteiger partial charge in [-0.3, -0.25) is 0 Å². The van der Waals surface area contributed by atoms with Crippen molar-refractivity contribution in [2.75, 3.05) is 31.7 Å². The maximum atomic E-state index is 11.5. The van der Waals surface area contributed by atoms with Gasteiger partial charge >= 0.3 is 5.97 Å². The Labute approximate surface area is 114 Å². The maximum Gasteiger partial charge on any atom is 0.339 e. The van der Waals surface area contributed by atoms with E-state index in [0.29, 0.717) is 12.2 Å². The van der Waals surface area contributed by atoms with E-state index in [4.69, 9.17) is 9.84 Å². The Kier molecular flexibility index (Phi) is 6.89. The third-order valence-corrected chi connectivity index (χ3v) is 2.80. The quantitative estimate of drug-likeness (QED) is 0.575. The number of aromatic nitrogens is 1. The molecule has 0 aliphatic heterocycles. The molecule has 1 rings (SSSR count). The average Bonchev–Trinajstić information content (AvgIpc) is 2.44. The van der Waals surface area contributed by atoms with Crippen LogP contribution in [0.15, 0.2) is 18.3 Å². The highest BCUT2D eigenvalue weighted by atomic mass is 16.5. The fourth-order valence-electron chi connectivity index (χ4n) is 1.70. The predicted molar refractivity (Wildman–Crippen MR) is 74.4 cm³/mol. The zero-order valence-electron chi connectivity index (χ0n) is 11.6. The lowest BCUT2D eigenvalue weighted by Gasteiger charge is -2.18. The summed E-state index contributed by atoms with van der Waals surface area (Å²) in [5.41, 5.74) is 0.472. The molecule has 0 atom stereocenters. The minimum atomic E-state index is -0.341. The molecule has 0 saturated carbocycles. The van der Waals surface area contributed by atoms with Crippen molar-refractivity contribution >= 4 is 11.8 Å². The Bertz CT molecular complexity index is 379. The molecule has 1 N–H and O–H groups in total. The number of anilines is 1. The van der Waals surface area contributed by atoms with Gasteiger partial charge in [0.25, 0.3) is 0 Å². The van der Waals surface area contributed by atoms with Crippen molar-refractivity contribution in [2.45, 2.75) is 26.2 Å². The number of ether oxygens (including phenoxy) is 1. The number of aliphatic hydroxyl groups is 1. The van der Waals surface area contributed by atoms with Gasteiger partial charge in [-0.2, -0.15) is 0 Å². The van der Waals surface area contributed by atoms with Crippen molar-refractivity contribution in [2.24, 2.45) is 0 Å². The first-order chi connectivity index (χ1) is 9.19. The Morgan fingerprint density at radius 1 is 1.37 bits per heavy atom. The van der Waals surface area contributed by atoms with E-state index in [1.807, 2.05) is 18.0 Å². The number of hydrogen-bond donors (Lipinski definition) is 1. The fraction of sp³-hybridized carbons (Fsp3) is 0.571. The minimum absolute atomic E-state index is 0.246. The average molecular weight is 266 g/mol. The van der Waals surface area contributed by atoms with E-state index in [1.54, 1.807) is 13.0 Å². The van der Waals surface area contributed by atoms with Crippen molar-refractivity contribution in [1.29, 1.82) is 0 Å². The van der Waals surface area contributed by atoms with Crippen LogP contribution in [-0.4, -0.2) is 42.9 Å². The molecule has 0 radical (unpaired) electrons. The van der Waals surface area contributed by atoms with Gasteiger partial charge in [-0.25, -0.2) is 9.78 Å². The van der Waals surface area contributed by atoms with E-state index in [2.05, 4.69) is 4.98 Å². The number of carbonyl (C=O) groups is 1. The molecule has 5 nitrogen and oxygen atoms in total. The molecule has 0 spiro atoms. The highest BCUT2D eigenvalue weighted by Crippen LogP contribution is 2.11. The number of pyridine rings is 1. The number of nitrogens with zero attached hydrogens (tertiary/aromatic N) is 2. The number of unbranched alkanes of at least 4 members (excludes halogenated alkanes) is 2. The van der Waals surface area contributed by atoms with Crippen LogP contribution >= 0.6 is 0 Å². The second-order valence-electron chi connectivity index (χ2n) is 4.33. The lowest BCUT2D eigenvalue weighted by Crippen LogP contribution is -2.20. The molecule has 0 unspecified atom stereocenters. The van der Waals surface area contributed by atoms with Crippen molar-refractivity contribution in [3.8, 4) is 0 Å². The number of aliphatic hydroxyl groups excluding tert-OH is 1. The monoisotopic (exact) mass is 266 g/mol. The molecule has 106 valence electrons. The summed E-state index contributed by atoms with van der Waals surface area (Å²) in [5.74, 6) is 0.490. The van der Waals surface area contributed by atoms with E-state index in [-0.39, 0.29) is 12.6 Å². The molecule has 1 aromatic heterocycles. The topological polar surface area (TPSA) is 62.7 Å². The normalized spacial score (nSPS) is 10.3. The molecule has 1 aromatic rings. The van der Waals surface area contributed by atoms with E-state index in [1.165, 1.54) is 6.20 Å². The zero-order chi connectivity index (χ0) is 14.1. The summed E-state index contributed by atoms with van der Waals surface area (Å²) in [6.07, 6.45) is 4.39. The van der Waals surface area contributed by atoms with Gasteiger partial charge in [0.05, 0.1) is 12.2 Å². The summed E-state index contributed by atoms with van der Waals surface area (Å²) in [6, 6.07) is 3.54. The Morgan fingerprint density at radius 2 is 2.16 bits per heavy atom. The third kappa shape index (κ3) is 5.26. The molecule has 5 heteroatoms. The predicted octanol–water partition coefficient (Wildman–Crippen LogP) is 1.86. The van der Waals surface area contributed by atoms with Gasteiger partial charge in [0, 0.05) is 26.4 Å². The summed E-state index contributed by atoms with van der Waals surface area (Å²) in [6.45, 7) is 3.27. The fourth-order valence-corrected chi connectivity index (χ4v) is 1.70.